The van der Waals surface area contributed by atoms with E-state index in [0.717, 1.165) is 5.56 Å². The van der Waals surface area contributed by atoms with Crippen molar-refractivity contribution >= 4 is 17.0 Å². The van der Waals surface area contributed by atoms with Crippen LogP contribution in [0.3, 0.4) is 0 Å². The number of aromatic amines is 1. The number of nitrogens with two attached hydrogens (primary N) is 1. The maximum Gasteiger partial charge on any atom is 0.199 e. The molecule has 0 fully saturated rings. The van der Waals surface area contributed by atoms with Crippen molar-refractivity contribution in [1.82, 2.24) is 19.9 Å². The lowest BCUT2D eigenvalue weighted by atomic mass is 10.2. The Morgan fingerprint density at radius 3 is 2.61 bits per heavy atom. The van der Waals surface area contributed by atoms with Crippen LogP contribution in [-0.4, -0.2) is 19.9 Å². The van der Waals surface area contributed by atoms with E-state index in [1.54, 1.807) is 18.4 Å². The number of nitrogen functional groups attached to an aromatic ring is 1. The van der Waals surface area contributed by atoms with Crippen molar-refractivity contribution in [3.63, 3.8) is 0 Å². The summed E-state index contributed by atoms with van der Waals surface area (Å²) in [5.41, 5.74) is 7.89. The molecule has 0 atom stereocenters. The molecule has 0 saturated heterocycles. The van der Waals surface area contributed by atoms with E-state index in [-0.39, 0.29) is 5.82 Å². The second-order valence-electron chi connectivity index (χ2n) is 4.81. The largest absolute Gasteiger partial charge is 0.461 e. The molecule has 23 heavy (non-hydrogen) atoms. The summed E-state index contributed by atoms with van der Waals surface area (Å²) in [6.45, 7) is 0. The second-order valence-corrected chi connectivity index (χ2v) is 4.81. The minimum atomic E-state index is 0.283. The molecule has 4 aromatic rings. The summed E-state index contributed by atoms with van der Waals surface area (Å²) in [6, 6.07) is 13.2. The summed E-state index contributed by atoms with van der Waals surface area (Å²) in [4.78, 5) is 16.0. The van der Waals surface area contributed by atoms with Crippen LogP contribution < -0.4 is 5.73 Å². The fourth-order valence-corrected chi connectivity index (χ4v) is 2.15. The molecule has 0 aliphatic rings. The van der Waals surface area contributed by atoms with Gasteiger partial charge in [0, 0.05) is 5.56 Å². The molecule has 3 N–H and O–H groups in total. The fraction of sp³-hybridized carbons (Fsp3) is 0. The molecule has 0 saturated carbocycles. The molecule has 0 radical (unpaired) electrons. The average Bonchev–Trinajstić information content (AvgIpc) is 3.23. The Bertz CT molecular complexity index is 1020. The number of hydrogen-bond acceptors (Lipinski definition) is 5. The molecular weight excluding hydrogens is 290 g/mol. The fourth-order valence-electron chi connectivity index (χ4n) is 2.15. The number of hydrogen-bond donors (Lipinski definition) is 2. The number of furan rings is 1. The number of aromatic nitrogens is 4. The Hall–Kier alpha value is -3.59. The van der Waals surface area contributed by atoms with Crippen molar-refractivity contribution in [3.05, 3.63) is 60.1 Å². The molecule has 0 amide bonds. The predicted molar refractivity (Wildman–Crippen MR) is 86.2 cm³/mol. The van der Waals surface area contributed by atoms with E-state index < -0.39 is 0 Å². The zero-order valence-electron chi connectivity index (χ0n) is 11.9. The third-order valence-corrected chi connectivity index (χ3v) is 3.21. The van der Waals surface area contributed by atoms with E-state index in [4.69, 9.17) is 10.2 Å². The van der Waals surface area contributed by atoms with Crippen molar-refractivity contribution < 1.29 is 4.42 Å². The van der Waals surface area contributed by atoms with Gasteiger partial charge in [-0.05, 0) is 30.2 Å². The van der Waals surface area contributed by atoms with Gasteiger partial charge in [0.25, 0.3) is 0 Å². The van der Waals surface area contributed by atoms with Crippen LogP contribution in [-0.2, 0) is 0 Å². The summed E-state index contributed by atoms with van der Waals surface area (Å²) in [6.07, 6.45) is 1.56. The van der Waals surface area contributed by atoms with Gasteiger partial charge in [-0.1, -0.05) is 24.1 Å². The number of rotatable bonds is 1. The van der Waals surface area contributed by atoms with Crippen LogP contribution >= 0.6 is 0 Å². The molecule has 3 heterocycles. The number of anilines is 1. The Labute approximate surface area is 131 Å². The van der Waals surface area contributed by atoms with Gasteiger partial charge in [0.2, 0.25) is 0 Å². The normalized spacial score (nSPS) is 10.4. The van der Waals surface area contributed by atoms with E-state index in [1.165, 1.54) is 0 Å². The highest BCUT2D eigenvalue weighted by molar-refractivity contribution is 5.83. The second kappa shape index (κ2) is 5.31. The molecular formula is C17H11N5O. The Balaban J connectivity index is 1.76. The van der Waals surface area contributed by atoms with Gasteiger partial charge in [0.05, 0.1) is 6.26 Å². The Kier molecular flexibility index (Phi) is 3.03. The highest BCUT2D eigenvalue weighted by atomic mass is 16.3. The number of fused-ring (bicyclic) bond motifs is 1. The van der Waals surface area contributed by atoms with Gasteiger partial charge in [-0.3, -0.25) is 0 Å². The SMILES string of the molecule is Nc1nc(-c2ccco2)nc2[nH]c(C#Cc3ccccc3)nc12. The van der Waals surface area contributed by atoms with Crippen molar-refractivity contribution in [2.24, 2.45) is 0 Å². The number of nitrogens with zero attached hydrogens (tertiary/aromatic N) is 3. The average molecular weight is 301 g/mol. The van der Waals surface area contributed by atoms with Crippen LogP contribution in [0.5, 0.6) is 0 Å². The lowest BCUT2D eigenvalue weighted by Gasteiger charge is -1.97. The highest BCUT2D eigenvalue weighted by Gasteiger charge is 2.12. The molecule has 6 nitrogen and oxygen atoms in total. The third-order valence-electron chi connectivity index (χ3n) is 3.21. The molecule has 1 aromatic carbocycles. The summed E-state index contributed by atoms with van der Waals surface area (Å²) in [7, 11) is 0. The number of imidazole rings is 1. The Morgan fingerprint density at radius 1 is 0.957 bits per heavy atom. The van der Waals surface area contributed by atoms with Crippen LogP contribution in [0, 0.1) is 11.8 Å². The van der Waals surface area contributed by atoms with Crippen molar-refractivity contribution in [2.45, 2.75) is 0 Å². The molecule has 0 bridgehead atoms. The first-order valence-corrected chi connectivity index (χ1v) is 6.94. The van der Waals surface area contributed by atoms with Crippen molar-refractivity contribution in [1.29, 1.82) is 0 Å². The maximum atomic E-state index is 5.96. The lowest BCUT2D eigenvalue weighted by molar-refractivity contribution is 0.577. The van der Waals surface area contributed by atoms with E-state index >= 15 is 0 Å². The van der Waals surface area contributed by atoms with Gasteiger partial charge in [-0.15, -0.1) is 0 Å². The number of nitrogens with one attached hydrogen (secondary N) is 1. The molecule has 4 rings (SSSR count). The van der Waals surface area contributed by atoms with E-state index in [2.05, 4.69) is 31.8 Å². The van der Waals surface area contributed by atoms with Crippen molar-refractivity contribution in [3.8, 4) is 23.4 Å². The minimum Gasteiger partial charge on any atom is -0.461 e. The monoisotopic (exact) mass is 301 g/mol. The van der Waals surface area contributed by atoms with Crippen LogP contribution in [0.1, 0.15) is 11.4 Å². The zero-order valence-corrected chi connectivity index (χ0v) is 11.9. The van der Waals surface area contributed by atoms with E-state index in [9.17, 15) is 0 Å². The molecule has 0 spiro atoms. The third kappa shape index (κ3) is 2.51. The van der Waals surface area contributed by atoms with E-state index in [0.29, 0.717) is 28.6 Å². The molecule has 110 valence electrons. The quantitative estimate of drug-likeness (QED) is 0.527. The zero-order chi connectivity index (χ0) is 15.6. The van der Waals surface area contributed by atoms with Gasteiger partial charge in [0.1, 0.15) is 0 Å². The number of H-pyrrole nitrogens is 1. The maximum absolute atomic E-state index is 5.96. The minimum absolute atomic E-state index is 0.283. The standard InChI is InChI=1S/C17H11N5O/c18-15-14-17(22-16(21-15)12-7-4-10-23-12)20-13(19-14)9-8-11-5-2-1-3-6-11/h1-7,10H,(H3,18,19,20,21,22). The van der Waals surface area contributed by atoms with Crippen LogP contribution in [0.25, 0.3) is 22.7 Å². The molecule has 0 aliphatic carbocycles. The first kappa shape index (κ1) is 13.1. The van der Waals surface area contributed by atoms with E-state index in [1.807, 2.05) is 30.3 Å². The molecule has 0 unspecified atom stereocenters. The van der Waals surface area contributed by atoms with Crippen molar-refractivity contribution in [2.75, 3.05) is 5.73 Å². The van der Waals surface area contributed by atoms with Gasteiger partial charge < -0.3 is 15.1 Å². The van der Waals surface area contributed by atoms with Gasteiger partial charge in [0.15, 0.2) is 34.4 Å². The van der Waals surface area contributed by atoms with Gasteiger partial charge in [-0.2, -0.15) is 0 Å². The smallest absolute Gasteiger partial charge is 0.199 e. The number of benzene rings is 1. The molecule has 3 aromatic heterocycles. The predicted octanol–water partition coefficient (Wildman–Crippen LogP) is 2.59. The lowest BCUT2D eigenvalue weighted by Crippen LogP contribution is -1.96. The topological polar surface area (TPSA) is 93.6 Å². The summed E-state index contributed by atoms with van der Waals surface area (Å²) < 4.78 is 5.29. The van der Waals surface area contributed by atoms with Crippen LogP contribution in [0.15, 0.2) is 53.1 Å². The molecule has 6 heteroatoms. The van der Waals surface area contributed by atoms with Gasteiger partial charge in [-0.25, -0.2) is 15.0 Å². The summed E-state index contributed by atoms with van der Waals surface area (Å²) in [5, 5.41) is 0. The Morgan fingerprint density at radius 2 is 1.83 bits per heavy atom. The molecule has 0 aliphatic heterocycles. The summed E-state index contributed by atoms with van der Waals surface area (Å²) >= 11 is 0. The first-order valence-electron chi connectivity index (χ1n) is 6.94. The summed E-state index contributed by atoms with van der Waals surface area (Å²) in [5.74, 6) is 7.73. The first-order chi connectivity index (χ1) is 11.3. The van der Waals surface area contributed by atoms with Crippen LogP contribution in [0.4, 0.5) is 5.82 Å². The van der Waals surface area contributed by atoms with Gasteiger partial charge >= 0.3 is 0 Å². The highest BCUT2D eigenvalue weighted by Crippen LogP contribution is 2.21. The van der Waals surface area contributed by atoms with Crippen LogP contribution in [0.2, 0.25) is 0 Å².